The Morgan fingerprint density at radius 1 is 1.20 bits per heavy atom. The van der Waals surface area contributed by atoms with Crippen LogP contribution in [0.3, 0.4) is 0 Å². The summed E-state index contributed by atoms with van der Waals surface area (Å²) in [7, 11) is 0. The molecular formula is C12H15AcBrO. The first-order valence-electron chi connectivity index (χ1n) is 5.21. The second-order valence-corrected chi connectivity index (χ2v) is 4.87. The molecule has 1 atom stereocenters. The minimum Gasteiger partial charge on any atom is -0.388 e. The summed E-state index contributed by atoms with van der Waals surface area (Å²) >= 11 is 3.48. The third kappa shape index (κ3) is 3.53. The molecule has 1 N–H and O–H groups in total. The van der Waals surface area contributed by atoms with E-state index in [0.717, 1.165) is 10.0 Å². The Hall–Kier alpha value is 1.10. The van der Waals surface area contributed by atoms with E-state index in [4.69, 9.17) is 0 Å². The van der Waals surface area contributed by atoms with Crippen molar-refractivity contribution in [3.63, 3.8) is 0 Å². The summed E-state index contributed by atoms with van der Waals surface area (Å²) in [5, 5.41) is 10.2. The summed E-state index contributed by atoms with van der Waals surface area (Å²) in [5.74, 6) is 0.466. The second kappa shape index (κ2) is 6.74. The SMILES string of the molecule is OC(c1ccccc1Br)C1CCCC1.[Ac]. The Bertz CT molecular complexity index is 310. The van der Waals surface area contributed by atoms with Crippen molar-refractivity contribution in [1.29, 1.82) is 0 Å². The average molecular weight is 482 g/mol. The Kier molecular flexibility index (Phi) is 6.37. The van der Waals surface area contributed by atoms with Gasteiger partial charge < -0.3 is 5.11 Å². The fraction of sp³-hybridized carbons (Fsp3) is 0.500. The Labute approximate surface area is 135 Å². The smallest absolute Gasteiger partial charge is 0.0829 e. The van der Waals surface area contributed by atoms with E-state index < -0.39 is 0 Å². The van der Waals surface area contributed by atoms with Crippen LogP contribution in [0.1, 0.15) is 37.4 Å². The number of hydrogen-bond acceptors (Lipinski definition) is 1. The molecule has 15 heavy (non-hydrogen) atoms. The van der Waals surface area contributed by atoms with Gasteiger partial charge in [-0.3, -0.25) is 0 Å². The summed E-state index contributed by atoms with van der Waals surface area (Å²) in [6.45, 7) is 0. The van der Waals surface area contributed by atoms with Gasteiger partial charge in [-0.2, -0.15) is 0 Å². The number of benzene rings is 1. The van der Waals surface area contributed by atoms with Crippen molar-refractivity contribution in [2.24, 2.45) is 5.92 Å². The van der Waals surface area contributed by atoms with Gasteiger partial charge in [-0.15, -0.1) is 0 Å². The zero-order valence-corrected chi connectivity index (χ0v) is 15.0. The van der Waals surface area contributed by atoms with Gasteiger partial charge in [0.05, 0.1) is 6.10 Å². The maximum absolute atomic E-state index is 10.2. The van der Waals surface area contributed by atoms with Gasteiger partial charge in [-0.05, 0) is 30.4 Å². The first-order chi connectivity index (χ1) is 6.79. The Morgan fingerprint density at radius 3 is 2.40 bits per heavy atom. The average Bonchev–Trinajstić information content (AvgIpc) is 2.70. The minimum atomic E-state index is -0.284. The van der Waals surface area contributed by atoms with Gasteiger partial charge in [-0.25, -0.2) is 0 Å². The summed E-state index contributed by atoms with van der Waals surface area (Å²) < 4.78 is 1.03. The van der Waals surface area contributed by atoms with Crippen LogP contribution < -0.4 is 0 Å². The molecule has 0 amide bonds. The van der Waals surface area contributed by atoms with Crippen LogP contribution in [0, 0.1) is 50.0 Å². The zero-order valence-electron chi connectivity index (χ0n) is 8.70. The molecule has 0 spiro atoms. The van der Waals surface area contributed by atoms with E-state index in [1.54, 1.807) is 0 Å². The first-order valence-corrected chi connectivity index (χ1v) is 6.01. The molecule has 1 saturated carbocycles. The van der Waals surface area contributed by atoms with Gasteiger partial charge in [0.1, 0.15) is 0 Å². The molecule has 79 valence electrons. The summed E-state index contributed by atoms with van der Waals surface area (Å²) in [6.07, 6.45) is 4.59. The molecule has 0 saturated heterocycles. The minimum absolute atomic E-state index is 0. The van der Waals surface area contributed by atoms with Crippen LogP contribution in [0.15, 0.2) is 28.7 Å². The summed E-state index contributed by atoms with van der Waals surface area (Å²) in [5.41, 5.74) is 1.04. The van der Waals surface area contributed by atoms with Crippen molar-refractivity contribution >= 4 is 15.9 Å². The topological polar surface area (TPSA) is 20.2 Å². The molecule has 2 rings (SSSR count). The molecule has 1 nitrogen and oxygen atoms in total. The third-order valence-corrected chi connectivity index (χ3v) is 3.79. The predicted octanol–water partition coefficient (Wildman–Crippen LogP) is 3.67. The fourth-order valence-electron chi connectivity index (χ4n) is 2.24. The van der Waals surface area contributed by atoms with Crippen molar-refractivity contribution in [1.82, 2.24) is 0 Å². The van der Waals surface area contributed by atoms with E-state index >= 15 is 0 Å². The van der Waals surface area contributed by atoms with E-state index in [1.807, 2.05) is 24.3 Å². The maximum atomic E-state index is 10.2. The monoisotopic (exact) mass is 481 g/mol. The van der Waals surface area contributed by atoms with Crippen LogP contribution in [-0.4, -0.2) is 5.11 Å². The van der Waals surface area contributed by atoms with Crippen molar-refractivity contribution in [3.8, 4) is 0 Å². The van der Waals surface area contributed by atoms with E-state index in [1.165, 1.54) is 25.7 Å². The van der Waals surface area contributed by atoms with Crippen LogP contribution in [-0.2, 0) is 0 Å². The standard InChI is InChI=1S/C12H15BrO.Ac/c13-11-8-4-3-7-10(11)12(14)9-5-1-2-6-9;/h3-4,7-9,12,14H,1-2,5-6H2;. The van der Waals surface area contributed by atoms with E-state index in [0.29, 0.717) is 5.92 Å². The number of hydrogen-bond donors (Lipinski definition) is 1. The molecule has 0 heterocycles. The molecule has 1 aliphatic carbocycles. The predicted molar refractivity (Wildman–Crippen MR) is 61.1 cm³/mol. The molecule has 1 radical (unpaired) electrons. The van der Waals surface area contributed by atoms with Crippen LogP contribution in [0.2, 0.25) is 0 Å². The first kappa shape index (κ1) is 14.2. The number of aliphatic hydroxyl groups is 1. The van der Waals surface area contributed by atoms with Crippen molar-refractivity contribution in [2.75, 3.05) is 0 Å². The normalized spacial score (nSPS) is 18.5. The van der Waals surface area contributed by atoms with Gasteiger partial charge >= 0.3 is 0 Å². The quantitative estimate of drug-likeness (QED) is 0.683. The molecule has 1 unspecified atom stereocenters. The molecule has 1 aliphatic rings. The zero-order chi connectivity index (χ0) is 9.97. The number of halogens is 1. The van der Waals surface area contributed by atoms with Crippen LogP contribution in [0.4, 0.5) is 0 Å². The molecule has 3 heteroatoms. The number of aliphatic hydroxyl groups excluding tert-OH is 1. The maximum Gasteiger partial charge on any atom is 0.0829 e. The third-order valence-electron chi connectivity index (χ3n) is 3.07. The van der Waals surface area contributed by atoms with Gasteiger partial charge in [0.15, 0.2) is 0 Å². The van der Waals surface area contributed by atoms with E-state index in [2.05, 4.69) is 15.9 Å². The Morgan fingerprint density at radius 2 is 1.80 bits per heavy atom. The fourth-order valence-corrected chi connectivity index (χ4v) is 2.76. The van der Waals surface area contributed by atoms with Gasteiger partial charge in [-0.1, -0.05) is 47.0 Å². The molecular weight excluding hydrogens is 467 g/mol. The van der Waals surface area contributed by atoms with Crippen LogP contribution in [0.25, 0.3) is 0 Å². The Balaban J connectivity index is 0.00000112. The van der Waals surface area contributed by atoms with E-state index in [-0.39, 0.29) is 50.2 Å². The van der Waals surface area contributed by atoms with Crippen molar-refractivity contribution in [2.45, 2.75) is 31.8 Å². The molecule has 1 aromatic carbocycles. The van der Waals surface area contributed by atoms with Gasteiger partial charge in [0, 0.05) is 48.5 Å². The molecule has 1 fully saturated rings. The summed E-state index contributed by atoms with van der Waals surface area (Å²) in [6, 6.07) is 7.97. The summed E-state index contributed by atoms with van der Waals surface area (Å²) in [4.78, 5) is 0. The van der Waals surface area contributed by atoms with Gasteiger partial charge in [0.25, 0.3) is 0 Å². The van der Waals surface area contributed by atoms with Crippen LogP contribution >= 0.6 is 15.9 Å². The van der Waals surface area contributed by atoms with E-state index in [9.17, 15) is 5.11 Å². The molecule has 0 aliphatic heterocycles. The van der Waals surface area contributed by atoms with Gasteiger partial charge in [0.2, 0.25) is 0 Å². The van der Waals surface area contributed by atoms with Crippen molar-refractivity contribution < 1.29 is 49.2 Å². The number of rotatable bonds is 2. The molecule has 0 bridgehead atoms. The van der Waals surface area contributed by atoms with Crippen LogP contribution in [0.5, 0.6) is 0 Å². The largest absolute Gasteiger partial charge is 0.388 e. The molecule has 1 aromatic rings. The second-order valence-electron chi connectivity index (χ2n) is 4.01. The molecule has 0 aromatic heterocycles. The van der Waals surface area contributed by atoms with Crippen molar-refractivity contribution in [3.05, 3.63) is 34.3 Å².